The number of aromatic nitrogens is 1. The number of rotatable bonds is 4. The van der Waals surface area contributed by atoms with Gasteiger partial charge in [0, 0.05) is 12.7 Å². The maximum absolute atomic E-state index is 12.1. The van der Waals surface area contributed by atoms with E-state index in [4.69, 9.17) is 0 Å². The average molecular weight is 250 g/mol. The molecule has 2 N–H and O–H groups in total. The summed E-state index contributed by atoms with van der Waals surface area (Å²) in [5.74, 6) is -1.26. The van der Waals surface area contributed by atoms with Gasteiger partial charge in [-0.05, 0) is 44.7 Å². The molecule has 5 nitrogen and oxygen atoms in total. The molecule has 2 rings (SSSR count). The predicted molar refractivity (Wildman–Crippen MR) is 66.4 cm³/mol. The molecule has 1 saturated carbocycles. The van der Waals surface area contributed by atoms with Crippen molar-refractivity contribution < 1.29 is 14.7 Å². The normalized spacial score (nSPS) is 18.2. The Morgan fingerprint density at radius 3 is 2.44 bits per heavy atom. The van der Waals surface area contributed by atoms with Crippen LogP contribution in [0.2, 0.25) is 0 Å². The van der Waals surface area contributed by atoms with Gasteiger partial charge in [0.15, 0.2) is 0 Å². The first-order valence-corrected chi connectivity index (χ1v) is 6.04. The number of amides is 1. The fourth-order valence-electron chi connectivity index (χ4n) is 2.13. The molecule has 0 bridgehead atoms. The third-order valence-corrected chi connectivity index (χ3v) is 3.82. The Hall–Kier alpha value is -1.78. The van der Waals surface area contributed by atoms with E-state index in [0.717, 1.165) is 18.5 Å². The standard InChI is InChI=1S/C13H18N2O3/c1-8-4-7-10(15(8)3)11(16)14-13(2,12(17)18)9-5-6-9/h4,7,9H,5-6H2,1-3H3,(H,14,16)(H,17,18). The van der Waals surface area contributed by atoms with Crippen molar-refractivity contribution in [2.75, 3.05) is 0 Å². The molecule has 1 unspecified atom stereocenters. The van der Waals surface area contributed by atoms with E-state index in [1.165, 1.54) is 0 Å². The van der Waals surface area contributed by atoms with Gasteiger partial charge in [0.25, 0.3) is 5.91 Å². The van der Waals surface area contributed by atoms with Crippen molar-refractivity contribution in [1.82, 2.24) is 9.88 Å². The number of aliphatic carboxylic acids is 1. The van der Waals surface area contributed by atoms with Crippen LogP contribution in [0.5, 0.6) is 0 Å². The molecule has 18 heavy (non-hydrogen) atoms. The summed E-state index contributed by atoms with van der Waals surface area (Å²) in [5.41, 5.74) is 0.291. The molecule has 0 radical (unpaired) electrons. The number of carbonyl (C=O) groups is 2. The second kappa shape index (κ2) is 4.15. The Balaban J connectivity index is 2.20. The van der Waals surface area contributed by atoms with Crippen LogP contribution >= 0.6 is 0 Å². The quantitative estimate of drug-likeness (QED) is 0.846. The first-order chi connectivity index (χ1) is 8.36. The van der Waals surface area contributed by atoms with E-state index in [2.05, 4.69) is 5.32 Å². The topological polar surface area (TPSA) is 71.3 Å². The smallest absolute Gasteiger partial charge is 0.329 e. The van der Waals surface area contributed by atoms with Gasteiger partial charge >= 0.3 is 5.97 Å². The molecule has 0 aliphatic heterocycles. The molecule has 1 aliphatic carbocycles. The summed E-state index contributed by atoms with van der Waals surface area (Å²) in [4.78, 5) is 23.5. The average Bonchev–Trinajstić information content (AvgIpc) is 3.08. The van der Waals surface area contributed by atoms with E-state index in [1.807, 2.05) is 13.0 Å². The largest absolute Gasteiger partial charge is 0.480 e. The number of carbonyl (C=O) groups excluding carboxylic acids is 1. The van der Waals surface area contributed by atoms with Gasteiger partial charge in [-0.25, -0.2) is 4.79 Å². The molecule has 1 fully saturated rings. The van der Waals surface area contributed by atoms with Crippen molar-refractivity contribution in [2.45, 2.75) is 32.2 Å². The van der Waals surface area contributed by atoms with Gasteiger partial charge in [-0.1, -0.05) is 0 Å². The summed E-state index contributed by atoms with van der Waals surface area (Å²) in [6, 6.07) is 3.55. The minimum Gasteiger partial charge on any atom is -0.480 e. The first kappa shape index (κ1) is 12.7. The zero-order valence-electron chi connectivity index (χ0n) is 10.9. The van der Waals surface area contributed by atoms with Crippen LogP contribution < -0.4 is 5.32 Å². The second-order valence-electron chi connectivity index (χ2n) is 5.15. The highest BCUT2D eigenvalue weighted by Gasteiger charge is 2.48. The van der Waals surface area contributed by atoms with Crippen LogP contribution in [0.15, 0.2) is 12.1 Å². The molecule has 1 atom stereocenters. The van der Waals surface area contributed by atoms with Gasteiger partial charge in [-0.3, -0.25) is 4.79 Å². The fraction of sp³-hybridized carbons (Fsp3) is 0.538. The number of nitrogens with one attached hydrogen (secondary N) is 1. The number of hydrogen-bond donors (Lipinski definition) is 2. The molecule has 1 aromatic heterocycles. The van der Waals surface area contributed by atoms with Gasteiger partial charge in [0.2, 0.25) is 0 Å². The van der Waals surface area contributed by atoms with Crippen LogP contribution in [0, 0.1) is 12.8 Å². The third-order valence-electron chi connectivity index (χ3n) is 3.82. The molecule has 1 amide bonds. The number of nitrogens with zero attached hydrogens (tertiary/aromatic N) is 1. The van der Waals surface area contributed by atoms with Crippen molar-refractivity contribution in [3.05, 3.63) is 23.5 Å². The number of aryl methyl sites for hydroxylation is 1. The van der Waals surface area contributed by atoms with Crippen LogP contribution in [-0.2, 0) is 11.8 Å². The van der Waals surface area contributed by atoms with E-state index >= 15 is 0 Å². The highest BCUT2D eigenvalue weighted by molar-refractivity contribution is 5.97. The SMILES string of the molecule is Cc1ccc(C(=O)NC(C)(C(=O)O)C2CC2)n1C. The van der Waals surface area contributed by atoms with Gasteiger partial charge in [-0.2, -0.15) is 0 Å². The minimum atomic E-state index is -1.16. The van der Waals surface area contributed by atoms with Crippen LogP contribution in [0.3, 0.4) is 0 Å². The lowest BCUT2D eigenvalue weighted by atomic mass is 9.96. The van der Waals surface area contributed by atoms with Gasteiger partial charge in [0.05, 0.1) is 0 Å². The highest BCUT2D eigenvalue weighted by Crippen LogP contribution is 2.39. The molecule has 1 aliphatic rings. The maximum Gasteiger partial charge on any atom is 0.329 e. The lowest BCUT2D eigenvalue weighted by Gasteiger charge is -2.26. The van der Waals surface area contributed by atoms with E-state index in [0.29, 0.717) is 5.69 Å². The second-order valence-corrected chi connectivity index (χ2v) is 5.15. The number of hydrogen-bond acceptors (Lipinski definition) is 2. The predicted octanol–water partition coefficient (Wildman–Crippen LogP) is 1.32. The lowest BCUT2D eigenvalue weighted by Crippen LogP contribution is -2.54. The fourth-order valence-corrected chi connectivity index (χ4v) is 2.13. The van der Waals surface area contributed by atoms with E-state index in [1.54, 1.807) is 24.6 Å². The van der Waals surface area contributed by atoms with Crippen LogP contribution in [0.1, 0.15) is 35.9 Å². The third kappa shape index (κ3) is 2.00. The molecular formula is C13H18N2O3. The molecule has 0 aromatic carbocycles. The van der Waals surface area contributed by atoms with E-state index in [-0.39, 0.29) is 11.8 Å². The van der Waals surface area contributed by atoms with Crippen molar-refractivity contribution in [3.63, 3.8) is 0 Å². The highest BCUT2D eigenvalue weighted by atomic mass is 16.4. The first-order valence-electron chi connectivity index (χ1n) is 6.04. The Morgan fingerprint density at radius 2 is 2.06 bits per heavy atom. The summed E-state index contributed by atoms with van der Waals surface area (Å²) in [6.07, 6.45) is 1.71. The summed E-state index contributed by atoms with van der Waals surface area (Å²) < 4.78 is 1.75. The zero-order valence-corrected chi connectivity index (χ0v) is 10.9. The van der Waals surface area contributed by atoms with Crippen LogP contribution in [-0.4, -0.2) is 27.1 Å². The molecule has 1 aromatic rings. The number of carboxylic acid groups (broad SMARTS) is 1. The molecule has 98 valence electrons. The van der Waals surface area contributed by atoms with Crippen molar-refractivity contribution in [3.8, 4) is 0 Å². The van der Waals surface area contributed by atoms with Crippen molar-refractivity contribution >= 4 is 11.9 Å². The van der Waals surface area contributed by atoms with Gasteiger partial charge < -0.3 is 15.0 Å². The Labute approximate surface area is 106 Å². The molecule has 5 heteroatoms. The molecule has 0 spiro atoms. The minimum absolute atomic E-state index is 0.0420. The maximum atomic E-state index is 12.1. The van der Waals surface area contributed by atoms with Crippen molar-refractivity contribution in [1.29, 1.82) is 0 Å². The summed E-state index contributed by atoms with van der Waals surface area (Å²) >= 11 is 0. The van der Waals surface area contributed by atoms with Gasteiger partial charge in [0.1, 0.15) is 11.2 Å². The summed E-state index contributed by atoms with van der Waals surface area (Å²) in [7, 11) is 1.79. The van der Waals surface area contributed by atoms with E-state index in [9.17, 15) is 14.7 Å². The lowest BCUT2D eigenvalue weighted by molar-refractivity contribution is -0.144. The zero-order chi connectivity index (χ0) is 13.5. The monoisotopic (exact) mass is 250 g/mol. The van der Waals surface area contributed by atoms with E-state index < -0.39 is 11.5 Å². The Bertz CT molecular complexity index is 502. The molecule has 1 heterocycles. The van der Waals surface area contributed by atoms with Crippen molar-refractivity contribution in [2.24, 2.45) is 13.0 Å². The van der Waals surface area contributed by atoms with Gasteiger partial charge in [-0.15, -0.1) is 0 Å². The Morgan fingerprint density at radius 1 is 1.44 bits per heavy atom. The molecular weight excluding hydrogens is 232 g/mol. The Kier molecular flexibility index (Phi) is 2.92. The summed E-state index contributed by atoms with van der Waals surface area (Å²) in [5, 5.41) is 12.0. The summed E-state index contributed by atoms with van der Waals surface area (Å²) in [6.45, 7) is 3.48. The van der Waals surface area contributed by atoms with Crippen LogP contribution in [0.25, 0.3) is 0 Å². The molecule has 0 saturated heterocycles. The van der Waals surface area contributed by atoms with Crippen LogP contribution in [0.4, 0.5) is 0 Å². The number of carboxylic acids is 1.